The van der Waals surface area contributed by atoms with Crippen molar-refractivity contribution in [1.82, 2.24) is 24.4 Å². The van der Waals surface area contributed by atoms with E-state index in [1.54, 1.807) is 6.20 Å². The van der Waals surface area contributed by atoms with Crippen LogP contribution in [0.15, 0.2) is 53.6 Å². The van der Waals surface area contributed by atoms with Gasteiger partial charge in [0.15, 0.2) is 5.65 Å². The number of aromatic nitrogens is 3. The molecule has 0 radical (unpaired) electrons. The smallest absolute Gasteiger partial charge is 0.272 e. The molecule has 2 aliphatic heterocycles. The zero-order valence-electron chi connectivity index (χ0n) is 15.7. The van der Waals surface area contributed by atoms with Crippen LogP contribution in [-0.2, 0) is 6.54 Å². The summed E-state index contributed by atoms with van der Waals surface area (Å²) in [5.41, 5.74) is 2.17. The molecule has 1 amide bonds. The van der Waals surface area contributed by atoms with Gasteiger partial charge in [-0.25, -0.2) is 9.50 Å². The van der Waals surface area contributed by atoms with Gasteiger partial charge in [0.2, 0.25) is 0 Å². The number of nitrogens with zero attached hydrogens (tertiary/aromatic N) is 4. The molecule has 7 nitrogen and oxygen atoms in total. The lowest BCUT2D eigenvalue weighted by molar-refractivity contribution is 0.0774. The first-order valence-corrected chi connectivity index (χ1v) is 9.74. The highest BCUT2D eigenvalue weighted by atomic mass is 16.2. The third-order valence-corrected chi connectivity index (χ3v) is 6.15. The number of hydrogen-bond acceptors (Lipinski definition) is 4. The summed E-state index contributed by atoms with van der Waals surface area (Å²) in [4.78, 5) is 33.6. The van der Waals surface area contributed by atoms with Gasteiger partial charge in [-0.15, -0.1) is 0 Å². The molecule has 1 N–H and O–H groups in total. The molecule has 1 spiro atoms. The summed E-state index contributed by atoms with van der Waals surface area (Å²) in [6.45, 7) is 4.59. The Hall–Kier alpha value is -2.93. The largest absolute Gasteiger partial charge is 0.338 e. The SMILES string of the molecule is O=C(c1c[nH]n2c(=O)ccnc12)N1CCC2(CCN(Cc3ccccc3)C2)C1. The Kier molecular flexibility index (Phi) is 4.05. The molecule has 0 saturated carbocycles. The van der Waals surface area contributed by atoms with Crippen molar-refractivity contribution in [3.63, 3.8) is 0 Å². The fourth-order valence-corrected chi connectivity index (χ4v) is 4.69. The lowest BCUT2D eigenvalue weighted by Crippen LogP contribution is -2.34. The van der Waals surface area contributed by atoms with Crippen molar-refractivity contribution in [3.05, 3.63) is 70.3 Å². The average molecular weight is 377 g/mol. The second-order valence-electron chi connectivity index (χ2n) is 8.05. The van der Waals surface area contributed by atoms with Crippen LogP contribution in [0, 0.1) is 5.41 Å². The minimum Gasteiger partial charge on any atom is -0.338 e. The monoisotopic (exact) mass is 377 g/mol. The van der Waals surface area contributed by atoms with Gasteiger partial charge in [-0.05, 0) is 24.9 Å². The van der Waals surface area contributed by atoms with E-state index in [1.807, 2.05) is 11.0 Å². The van der Waals surface area contributed by atoms with Crippen molar-refractivity contribution < 1.29 is 4.79 Å². The topological polar surface area (TPSA) is 73.7 Å². The molecule has 144 valence electrons. The van der Waals surface area contributed by atoms with Crippen molar-refractivity contribution in [1.29, 1.82) is 0 Å². The summed E-state index contributed by atoms with van der Waals surface area (Å²) in [7, 11) is 0. The average Bonchev–Trinajstić information content (AvgIpc) is 3.42. The Bertz CT molecular complexity index is 1070. The Morgan fingerprint density at radius 2 is 1.93 bits per heavy atom. The first kappa shape index (κ1) is 17.2. The number of fused-ring (bicyclic) bond motifs is 1. The molecule has 2 aromatic heterocycles. The zero-order valence-corrected chi connectivity index (χ0v) is 15.7. The molecule has 7 heteroatoms. The van der Waals surface area contributed by atoms with Crippen molar-refractivity contribution in [2.24, 2.45) is 5.41 Å². The molecular formula is C21H23N5O2. The Morgan fingerprint density at radius 1 is 1.11 bits per heavy atom. The van der Waals surface area contributed by atoms with Crippen molar-refractivity contribution in [2.45, 2.75) is 19.4 Å². The summed E-state index contributed by atoms with van der Waals surface area (Å²) in [5.74, 6) is -0.0461. The summed E-state index contributed by atoms with van der Waals surface area (Å²) < 4.78 is 1.32. The maximum atomic E-state index is 13.1. The van der Waals surface area contributed by atoms with Gasteiger partial charge in [-0.2, -0.15) is 0 Å². The quantitative estimate of drug-likeness (QED) is 0.755. The van der Waals surface area contributed by atoms with Crippen LogP contribution in [0.2, 0.25) is 0 Å². The van der Waals surface area contributed by atoms with E-state index in [9.17, 15) is 9.59 Å². The standard InChI is InChI=1S/C21H23N5O2/c27-18-6-9-22-19-17(12-23-26(18)19)20(28)25-11-8-21(15-25)7-10-24(14-21)13-16-4-2-1-3-5-16/h1-6,9,12,23H,7-8,10-11,13-15H2. The number of nitrogens with one attached hydrogen (secondary N) is 1. The minimum atomic E-state index is -0.214. The molecule has 2 saturated heterocycles. The summed E-state index contributed by atoms with van der Waals surface area (Å²) >= 11 is 0. The molecular weight excluding hydrogens is 354 g/mol. The molecule has 1 aromatic carbocycles. The second-order valence-corrected chi connectivity index (χ2v) is 8.05. The van der Waals surface area contributed by atoms with Gasteiger partial charge in [-0.3, -0.25) is 19.6 Å². The second kappa shape index (κ2) is 6.60. The van der Waals surface area contributed by atoms with E-state index < -0.39 is 0 Å². The number of likely N-dealkylation sites (tertiary alicyclic amines) is 2. The Balaban J connectivity index is 1.30. The number of benzene rings is 1. The maximum Gasteiger partial charge on any atom is 0.272 e. The van der Waals surface area contributed by atoms with E-state index in [-0.39, 0.29) is 16.9 Å². The fraction of sp³-hybridized carbons (Fsp3) is 0.381. The minimum absolute atomic E-state index is 0.0461. The van der Waals surface area contributed by atoms with E-state index in [2.05, 4.69) is 39.2 Å². The highest BCUT2D eigenvalue weighted by molar-refractivity contribution is 5.99. The predicted molar refractivity (Wildman–Crippen MR) is 105 cm³/mol. The molecule has 0 bridgehead atoms. The number of rotatable bonds is 3. The predicted octanol–water partition coefficient (Wildman–Crippen LogP) is 1.76. The summed E-state index contributed by atoms with van der Waals surface area (Å²) in [6.07, 6.45) is 5.19. The fourth-order valence-electron chi connectivity index (χ4n) is 4.69. The van der Waals surface area contributed by atoms with Gasteiger partial charge in [-0.1, -0.05) is 30.3 Å². The van der Waals surface area contributed by atoms with E-state index in [0.717, 1.165) is 45.6 Å². The van der Waals surface area contributed by atoms with Crippen LogP contribution in [0.1, 0.15) is 28.8 Å². The Morgan fingerprint density at radius 3 is 2.79 bits per heavy atom. The van der Waals surface area contributed by atoms with Gasteiger partial charge in [0.1, 0.15) is 5.56 Å². The van der Waals surface area contributed by atoms with Crippen molar-refractivity contribution in [3.8, 4) is 0 Å². The molecule has 0 aliphatic carbocycles. The number of carbonyl (C=O) groups is 1. The van der Waals surface area contributed by atoms with E-state index >= 15 is 0 Å². The highest BCUT2D eigenvalue weighted by Gasteiger charge is 2.45. The Labute approximate surface area is 162 Å². The van der Waals surface area contributed by atoms with Crippen LogP contribution in [0.4, 0.5) is 0 Å². The third kappa shape index (κ3) is 2.92. The van der Waals surface area contributed by atoms with Crippen molar-refractivity contribution in [2.75, 3.05) is 26.2 Å². The van der Waals surface area contributed by atoms with Gasteiger partial charge in [0.25, 0.3) is 11.5 Å². The molecule has 3 aromatic rings. The van der Waals surface area contributed by atoms with E-state index in [1.165, 1.54) is 22.3 Å². The van der Waals surface area contributed by atoms with Gasteiger partial charge < -0.3 is 4.90 Å². The van der Waals surface area contributed by atoms with Gasteiger partial charge in [0, 0.05) is 50.1 Å². The lowest BCUT2D eigenvalue weighted by atomic mass is 9.86. The molecule has 2 fully saturated rings. The van der Waals surface area contributed by atoms with Gasteiger partial charge >= 0.3 is 0 Å². The zero-order chi connectivity index (χ0) is 19.1. The first-order valence-electron chi connectivity index (χ1n) is 9.74. The normalized spacial score (nSPS) is 22.5. The highest BCUT2D eigenvalue weighted by Crippen LogP contribution is 2.40. The van der Waals surface area contributed by atoms with Crippen LogP contribution in [0.5, 0.6) is 0 Å². The number of amides is 1. The molecule has 28 heavy (non-hydrogen) atoms. The van der Waals surface area contributed by atoms with Gasteiger partial charge in [0.05, 0.1) is 0 Å². The number of carbonyl (C=O) groups excluding carboxylic acids is 1. The number of H-pyrrole nitrogens is 1. The van der Waals surface area contributed by atoms with Crippen LogP contribution in [0.3, 0.4) is 0 Å². The van der Waals surface area contributed by atoms with Crippen LogP contribution in [-0.4, -0.2) is 56.5 Å². The first-order chi connectivity index (χ1) is 13.6. The number of hydrogen-bond donors (Lipinski definition) is 1. The molecule has 4 heterocycles. The summed E-state index contributed by atoms with van der Waals surface area (Å²) in [6, 6.07) is 11.9. The van der Waals surface area contributed by atoms with Crippen LogP contribution in [0.25, 0.3) is 5.65 Å². The van der Waals surface area contributed by atoms with E-state index in [4.69, 9.17) is 0 Å². The third-order valence-electron chi connectivity index (χ3n) is 6.15. The lowest BCUT2D eigenvalue weighted by Gasteiger charge is -2.24. The van der Waals surface area contributed by atoms with Crippen molar-refractivity contribution >= 4 is 11.6 Å². The molecule has 1 atom stereocenters. The molecule has 2 aliphatic rings. The van der Waals surface area contributed by atoms with Crippen LogP contribution >= 0.6 is 0 Å². The van der Waals surface area contributed by atoms with E-state index in [0.29, 0.717) is 11.2 Å². The molecule has 1 unspecified atom stereocenters. The number of aromatic amines is 1. The van der Waals surface area contributed by atoms with Crippen LogP contribution < -0.4 is 5.56 Å². The maximum absolute atomic E-state index is 13.1. The molecule has 5 rings (SSSR count). The summed E-state index contributed by atoms with van der Waals surface area (Å²) in [5, 5.41) is 2.84.